The molecule has 0 spiro atoms. The molecule has 4 saturated carbocycles. The highest BCUT2D eigenvalue weighted by Crippen LogP contribution is 2.45. The lowest BCUT2D eigenvalue weighted by Gasteiger charge is -2.33. The number of carbonyl (C=O) groups is 11. The molecule has 0 radical (unpaired) electrons. The molecule has 12 N–H and O–H groups in total. The van der Waals surface area contributed by atoms with Gasteiger partial charge in [-0.3, -0.25) is 48.1 Å². The molecule has 0 bridgehead atoms. The minimum absolute atomic E-state index is 0. The maximum absolute atomic E-state index is 14.3. The molecule has 8 atom stereocenters. The molecule has 3 unspecified atom stereocenters. The number of carboxylic acid groups (broad SMARTS) is 2. The molecule has 4 aliphatic heterocycles. The van der Waals surface area contributed by atoms with Gasteiger partial charge in [0.1, 0.15) is 17.1 Å². The molecule has 5 amide bonds. The highest BCUT2D eigenvalue weighted by atomic mass is 35.5. The fraction of sp³-hybridized carbons (Fsp3) is 0.446. The SMILES string of the molecule is C.COc1cc(CC(=O)[C@@H]2C(c3ccccc3)CCN2C(=O)C2CCC(CN)CC2)ccc1C(=O)O.Cl.Cl.Cl.NCC1CCC(C(=O)N2CCC(c3ccccc3)[C@H]2C(=O)Cc2ccc(C(=O)O)c(Cl)c2)CC1.NCC1CCC(C(=O)N2CCC(c3ccccc3)[C@H]2C(=O)Cc2ccc3ncccc3c2)CC1.NCC1CCC(C(=O)N2CC[C@@H](c3ccccc3)[C@H]2C(=O)Cc2ccc(C(N)=O)c(F)c2)CC1. The number of benzene rings is 8. The van der Waals surface area contributed by atoms with Crippen molar-refractivity contribution in [3.05, 3.63) is 284 Å². The van der Waals surface area contributed by atoms with Gasteiger partial charge < -0.3 is 63.2 Å². The number of nitrogens with two attached hydrogens (primary N) is 5. The molecule has 5 heterocycles. The number of methoxy groups -OCH3 is 1. The average molecular weight is 2010 g/mol. The van der Waals surface area contributed by atoms with Crippen molar-refractivity contribution in [2.24, 2.45) is 76.0 Å². The van der Waals surface area contributed by atoms with Crippen LogP contribution in [0.3, 0.4) is 0 Å². The number of likely N-dealkylation sites (tertiary alicyclic amines) is 4. The van der Waals surface area contributed by atoms with Crippen LogP contribution >= 0.6 is 48.8 Å². The van der Waals surface area contributed by atoms with E-state index in [-0.39, 0.29) is 185 Å². The van der Waals surface area contributed by atoms with Crippen LogP contribution < -0.4 is 33.4 Å². The first kappa shape index (κ1) is 112. The maximum atomic E-state index is 14.3. The predicted molar refractivity (Wildman–Crippen MR) is 554 cm³/mol. The van der Waals surface area contributed by atoms with E-state index >= 15 is 0 Å². The van der Waals surface area contributed by atoms with E-state index in [1.807, 2.05) is 149 Å². The van der Waals surface area contributed by atoms with E-state index in [1.54, 1.807) is 40.3 Å². The highest BCUT2D eigenvalue weighted by molar-refractivity contribution is 6.33. The Morgan fingerprint density at radius 1 is 0.362 bits per heavy atom. The number of pyridine rings is 1. The second kappa shape index (κ2) is 53.3. The van der Waals surface area contributed by atoms with Crippen LogP contribution in [0.5, 0.6) is 5.75 Å². The third-order valence-electron chi connectivity index (χ3n) is 30.3. The molecule has 9 aromatic rings. The van der Waals surface area contributed by atoms with Crippen LogP contribution in [0.2, 0.25) is 5.02 Å². The average Bonchev–Trinajstić information content (AvgIpc) is 1.66. The van der Waals surface area contributed by atoms with Crippen molar-refractivity contribution in [1.82, 2.24) is 24.6 Å². The van der Waals surface area contributed by atoms with E-state index in [4.69, 9.17) is 45.0 Å². The van der Waals surface area contributed by atoms with Crippen molar-refractivity contribution in [2.75, 3.05) is 59.5 Å². The van der Waals surface area contributed by atoms with E-state index in [0.29, 0.717) is 106 Å². The van der Waals surface area contributed by atoms with E-state index in [9.17, 15) is 67.3 Å². The van der Waals surface area contributed by atoms with Crippen molar-refractivity contribution in [1.29, 1.82) is 0 Å². The van der Waals surface area contributed by atoms with Crippen LogP contribution in [-0.4, -0.2) is 183 Å². The topological polar surface area (TPSA) is 393 Å². The first-order valence-electron chi connectivity index (χ1n) is 49.0. The second-order valence-electron chi connectivity index (χ2n) is 38.7. The third kappa shape index (κ3) is 27.7. The number of aromatic carboxylic acids is 2. The van der Waals surface area contributed by atoms with Crippen molar-refractivity contribution in [3.8, 4) is 5.75 Å². The Labute approximate surface area is 850 Å². The molecule has 8 fully saturated rings. The first-order valence-corrected chi connectivity index (χ1v) is 49.4. The van der Waals surface area contributed by atoms with Gasteiger partial charge in [0.15, 0.2) is 23.1 Å². The Bertz CT molecular complexity index is 5560. The summed E-state index contributed by atoms with van der Waals surface area (Å²) in [4.78, 5) is 155. The van der Waals surface area contributed by atoms with E-state index < -0.39 is 47.8 Å². The molecule has 4 saturated heterocycles. The van der Waals surface area contributed by atoms with Crippen LogP contribution in [0.4, 0.5) is 4.39 Å². The number of hydrogen-bond donors (Lipinski definition) is 7. The van der Waals surface area contributed by atoms with Gasteiger partial charge in [0.2, 0.25) is 23.6 Å². The van der Waals surface area contributed by atoms with Crippen LogP contribution in [0, 0.1) is 53.2 Å². The predicted octanol–water partition coefficient (Wildman–Crippen LogP) is 17.5. The Morgan fingerprint density at radius 3 is 0.929 bits per heavy atom. The summed E-state index contributed by atoms with van der Waals surface area (Å²) in [5, 5.41) is 19.7. The molecule has 17 rings (SSSR count). The minimum atomic E-state index is -1.11. The Morgan fingerprint density at radius 2 is 0.645 bits per heavy atom. The molecular weight excluding hydrogens is 1870 g/mol. The van der Waals surface area contributed by atoms with Crippen LogP contribution in [0.1, 0.15) is 235 Å². The summed E-state index contributed by atoms with van der Waals surface area (Å²) in [5.41, 5.74) is 36.3. The molecule has 4 aliphatic carbocycles. The maximum Gasteiger partial charge on any atom is 0.339 e. The lowest BCUT2D eigenvalue weighted by Crippen LogP contribution is -2.46. The van der Waals surface area contributed by atoms with E-state index in [0.717, 1.165) is 161 Å². The molecule has 8 aromatic carbocycles. The summed E-state index contributed by atoms with van der Waals surface area (Å²) in [5.74, 6) is -1.70. The van der Waals surface area contributed by atoms with Gasteiger partial charge in [0.25, 0.3) is 5.91 Å². The van der Waals surface area contributed by atoms with E-state index in [2.05, 4.69) is 17.1 Å². The number of Topliss-reactive ketones (excluding diaryl/α,β-unsaturated/α-hetero) is 4. The van der Waals surface area contributed by atoms with Crippen LogP contribution in [-0.2, 0) is 64.0 Å². The normalized spacial score (nSPS) is 23.9. The number of primary amides is 1. The number of ether oxygens (including phenoxy) is 1. The quantitative estimate of drug-likeness (QED) is 0.0239. The number of carbonyl (C=O) groups excluding carboxylic acids is 9. The number of fused-ring (bicyclic) bond motifs is 1. The molecule has 29 heteroatoms. The smallest absolute Gasteiger partial charge is 0.339 e. The third-order valence-corrected chi connectivity index (χ3v) is 30.6. The summed E-state index contributed by atoms with van der Waals surface area (Å²) < 4.78 is 19.5. The molecule has 24 nitrogen and oxygen atoms in total. The zero-order chi connectivity index (χ0) is 96.9. The summed E-state index contributed by atoms with van der Waals surface area (Å²) >= 11 is 6.13. The highest BCUT2D eigenvalue weighted by Gasteiger charge is 2.50. The summed E-state index contributed by atoms with van der Waals surface area (Å²) in [6.45, 7) is 4.96. The van der Waals surface area contributed by atoms with Crippen molar-refractivity contribution in [3.63, 3.8) is 0 Å². The van der Waals surface area contributed by atoms with E-state index in [1.165, 1.54) is 37.4 Å². The van der Waals surface area contributed by atoms with Gasteiger partial charge in [-0.25, -0.2) is 14.0 Å². The number of nitrogens with zero attached hydrogens (tertiary/aromatic N) is 5. The summed E-state index contributed by atoms with van der Waals surface area (Å²) in [6, 6.07) is 61.0. The van der Waals surface area contributed by atoms with Gasteiger partial charge in [-0.15, -0.1) is 37.2 Å². The Hall–Kier alpha value is -11.1. The molecular formula is C112H137Cl4FN10O14. The van der Waals surface area contributed by atoms with Gasteiger partial charge in [0, 0.05) is 111 Å². The van der Waals surface area contributed by atoms with Gasteiger partial charge >= 0.3 is 11.9 Å². The summed E-state index contributed by atoms with van der Waals surface area (Å²) in [7, 11) is 1.41. The van der Waals surface area contributed by atoms with Crippen molar-refractivity contribution in [2.45, 2.75) is 209 Å². The van der Waals surface area contributed by atoms with Gasteiger partial charge in [0.05, 0.1) is 52.9 Å². The van der Waals surface area contributed by atoms with Crippen molar-refractivity contribution >= 4 is 124 Å². The lowest BCUT2D eigenvalue weighted by atomic mass is 9.81. The number of ketones is 4. The van der Waals surface area contributed by atoms with Gasteiger partial charge in [-0.05, 0) is 277 Å². The first-order chi connectivity index (χ1) is 66.3. The molecule has 754 valence electrons. The zero-order valence-electron chi connectivity index (χ0n) is 79.5. The Kier molecular flexibility index (Phi) is 42.3. The van der Waals surface area contributed by atoms with Crippen LogP contribution in [0.15, 0.2) is 212 Å². The monoisotopic (exact) mass is 2000 g/mol. The van der Waals surface area contributed by atoms with Gasteiger partial charge in [-0.1, -0.05) is 171 Å². The zero-order valence-corrected chi connectivity index (χ0v) is 82.7. The largest absolute Gasteiger partial charge is 0.496 e. The van der Waals surface area contributed by atoms with Gasteiger partial charge in [-0.2, -0.15) is 0 Å². The minimum Gasteiger partial charge on any atom is -0.496 e. The molecule has 8 aliphatic rings. The fourth-order valence-electron chi connectivity index (χ4n) is 22.7. The fourth-order valence-corrected chi connectivity index (χ4v) is 22.9. The number of rotatable bonds is 28. The summed E-state index contributed by atoms with van der Waals surface area (Å²) in [6.07, 6.45) is 19.6. The number of aromatic nitrogens is 1. The number of amides is 5. The number of halogens is 5. The van der Waals surface area contributed by atoms with Crippen LogP contribution in [0.25, 0.3) is 10.9 Å². The Balaban J connectivity index is 0.000000192. The lowest BCUT2D eigenvalue weighted by molar-refractivity contribution is -0.142. The number of carboxylic acids is 2. The second-order valence-corrected chi connectivity index (χ2v) is 39.1. The molecule has 141 heavy (non-hydrogen) atoms. The molecule has 1 aromatic heterocycles. The number of hydrogen-bond acceptors (Lipinski definition) is 17. The van der Waals surface area contributed by atoms with Crippen molar-refractivity contribution < 1.29 is 72.1 Å². The standard InChI is InChI=1S/C29H33N3O2.C28H34N2O5.C27H31ClN2O4.C27H32FN3O3.CH4.3ClH/c30-19-20-8-11-23(12-9-20)29(34)32-16-14-25(22-5-2-1-3-6-22)28(32)27(33)18-21-10-13-26-24(17-21)7-4-15-31-26;1-35-25-16-19(9-12-23(25)28(33)34)15-24(31)26-22(20-5-3-2-4-6-20)13-14-30(26)27(32)21-10-7-18(17-29)8-11-21;28-23-14-18(8-11-22(23)27(33)34)15-24(31)25-21(19-4-2-1-3-5-19)12-13-30(25)26(32)20-9-6-17(16-29)7-10-20;28-23-14-18(8-11-22(23)26(30)33)15-24(32)25-21(19-4-2-1-3-5-19)12-13-31(25)27(34)20-9-6-17(16-29)7-10-20;;;;/h1-7,10,13,15,17,20,23,25,28H,8-9,11-12,14,16,18-19,30H2;2-6,9,12,16,18,21-22,26H,7-8,10-11,13-15,17,29H2,1H3,(H,33,34);1-5,8,11,14,17,20-21,25H,6-7,9-10,12-13,15-16,29H2,(H,33,34);1-5,8,11,14,17,20-21,25H,6-7,9-10,12-13,15-16,29H2,(H2,30,33);1H4;3*1H/t20?,23?,25?,28-;18?,21?,22?,26-;17?,20?,21?,25-;17?,20?,21-,25-;;;;/m0000..../s1.